The van der Waals surface area contributed by atoms with Gasteiger partial charge in [-0.1, -0.05) is 11.2 Å². The fourth-order valence-electron chi connectivity index (χ4n) is 3.28. The van der Waals surface area contributed by atoms with E-state index in [1.165, 1.54) is 0 Å². The van der Waals surface area contributed by atoms with Gasteiger partial charge in [-0.15, -0.1) is 0 Å². The number of carbonyl (C=O) groups is 1. The Kier molecular flexibility index (Phi) is 4.92. The third kappa shape index (κ3) is 3.53. The fourth-order valence-corrected chi connectivity index (χ4v) is 3.28. The Bertz CT molecular complexity index is 973. The van der Waals surface area contributed by atoms with Gasteiger partial charge in [0.05, 0.1) is 14.2 Å². The van der Waals surface area contributed by atoms with Gasteiger partial charge in [-0.25, -0.2) is 0 Å². The molecule has 1 aromatic carbocycles. The van der Waals surface area contributed by atoms with E-state index in [1.807, 2.05) is 30.3 Å². The van der Waals surface area contributed by atoms with Crippen LogP contribution in [0.3, 0.4) is 0 Å². The van der Waals surface area contributed by atoms with Crippen molar-refractivity contribution < 1.29 is 18.8 Å². The summed E-state index contributed by atoms with van der Waals surface area (Å²) in [5.41, 5.74) is 1.53. The molecule has 1 aliphatic rings. The molecular formula is C20H20N4O4. The second-order valence-electron chi connectivity index (χ2n) is 6.53. The van der Waals surface area contributed by atoms with Crippen molar-refractivity contribution in [3.05, 3.63) is 54.0 Å². The number of hydrogen-bond donors (Lipinski definition) is 0. The standard InChI is InChI=1S/C20H20N4O4/c1-26-15-7-6-13(17(10-15)27-2)11-24-12-14(9-18(24)25)19-22-20(28-23-19)16-5-3-4-8-21-16/h3-8,10,14H,9,11-12H2,1-2H3. The smallest absolute Gasteiger partial charge is 0.276 e. The predicted molar refractivity (Wildman–Crippen MR) is 99.9 cm³/mol. The Hall–Kier alpha value is -3.42. The molecule has 144 valence electrons. The van der Waals surface area contributed by atoms with Crippen LogP contribution in [0, 0.1) is 0 Å². The van der Waals surface area contributed by atoms with Crippen molar-refractivity contribution in [1.29, 1.82) is 0 Å². The number of amides is 1. The molecule has 1 fully saturated rings. The number of nitrogens with zero attached hydrogens (tertiary/aromatic N) is 4. The minimum absolute atomic E-state index is 0.0482. The van der Waals surface area contributed by atoms with Crippen molar-refractivity contribution in [2.75, 3.05) is 20.8 Å². The third-order valence-electron chi connectivity index (χ3n) is 4.76. The Morgan fingerprint density at radius 3 is 2.86 bits per heavy atom. The van der Waals surface area contributed by atoms with Crippen molar-refractivity contribution in [2.24, 2.45) is 0 Å². The van der Waals surface area contributed by atoms with Gasteiger partial charge >= 0.3 is 0 Å². The lowest BCUT2D eigenvalue weighted by Crippen LogP contribution is -2.24. The van der Waals surface area contributed by atoms with Crippen molar-refractivity contribution >= 4 is 5.91 Å². The topological polar surface area (TPSA) is 90.6 Å². The number of likely N-dealkylation sites (tertiary alicyclic amines) is 1. The van der Waals surface area contributed by atoms with E-state index in [0.29, 0.717) is 48.4 Å². The first-order valence-electron chi connectivity index (χ1n) is 8.91. The van der Waals surface area contributed by atoms with Crippen molar-refractivity contribution in [2.45, 2.75) is 18.9 Å². The van der Waals surface area contributed by atoms with Gasteiger partial charge in [-0.05, 0) is 24.3 Å². The average Bonchev–Trinajstić information content (AvgIpc) is 3.36. The van der Waals surface area contributed by atoms with Gasteiger partial charge in [0.2, 0.25) is 5.91 Å². The van der Waals surface area contributed by atoms with Crippen LogP contribution in [0.15, 0.2) is 47.1 Å². The molecule has 1 atom stereocenters. The zero-order chi connectivity index (χ0) is 19.5. The molecule has 3 aromatic rings. The van der Waals surface area contributed by atoms with E-state index in [-0.39, 0.29) is 11.8 Å². The van der Waals surface area contributed by atoms with Gasteiger partial charge in [-0.3, -0.25) is 9.78 Å². The van der Waals surface area contributed by atoms with Crippen LogP contribution in [0.1, 0.15) is 23.7 Å². The molecule has 0 radical (unpaired) electrons. The molecule has 1 unspecified atom stereocenters. The van der Waals surface area contributed by atoms with E-state index in [4.69, 9.17) is 14.0 Å². The van der Waals surface area contributed by atoms with E-state index in [1.54, 1.807) is 31.4 Å². The maximum Gasteiger partial charge on any atom is 0.276 e. The molecule has 4 rings (SSSR count). The molecule has 0 bridgehead atoms. The molecule has 1 amide bonds. The first kappa shape index (κ1) is 18.0. The second kappa shape index (κ2) is 7.67. The first-order valence-corrected chi connectivity index (χ1v) is 8.91. The highest BCUT2D eigenvalue weighted by atomic mass is 16.5. The normalized spacial score (nSPS) is 16.4. The van der Waals surface area contributed by atoms with Crippen LogP contribution in [0.2, 0.25) is 0 Å². The Labute approximate surface area is 162 Å². The van der Waals surface area contributed by atoms with Crippen LogP contribution in [-0.2, 0) is 11.3 Å². The average molecular weight is 380 g/mol. The monoisotopic (exact) mass is 380 g/mol. The van der Waals surface area contributed by atoms with Crippen LogP contribution in [0.25, 0.3) is 11.6 Å². The van der Waals surface area contributed by atoms with E-state index in [0.717, 1.165) is 5.56 Å². The highest BCUT2D eigenvalue weighted by molar-refractivity contribution is 5.79. The number of carbonyl (C=O) groups excluding carboxylic acids is 1. The minimum atomic E-state index is -0.113. The van der Waals surface area contributed by atoms with Crippen molar-refractivity contribution in [1.82, 2.24) is 20.0 Å². The maximum absolute atomic E-state index is 12.5. The number of pyridine rings is 1. The predicted octanol–water partition coefficient (Wildman–Crippen LogP) is 2.66. The van der Waals surface area contributed by atoms with Gasteiger partial charge < -0.3 is 18.9 Å². The highest BCUT2D eigenvalue weighted by Gasteiger charge is 2.34. The van der Waals surface area contributed by atoms with Crippen LogP contribution in [0.4, 0.5) is 0 Å². The number of hydrogen-bond acceptors (Lipinski definition) is 7. The van der Waals surface area contributed by atoms with Gasteiger partial charge in [0, 0.05) is 43.3 Å². The molecule has 1 saturated heterocycles. The molecule has 28 heavy (non-hydrogen) atoms. The summed E-state index contributed by atoms with van der Waals surface area (Å²) < 4.78 is 16.0. The lowest BCUT2D eigenvalue weighted by molar-refractivity contribution is -0.128. The van der Waals surface area contributed by atoms with Gasteiger partial charge in [-0.2, -0.15) is 4.98 Å². The SMILES string of the molecule is COc1ccc(CN2CC(c3noc(-c4ccccn4)n3)CC2=O)c(OC)c1. The van der Waals surface area contributed by atoms with Gasteiger partial charge in [0.1, 0.15) is 17.2 Å². The number of rotatable bonds is 6. The molecule has 3 heterocycles. The number of methoxy groups -OCH3 is 2. The van der Waals surface area contributed by atoms with Crippen LogP contribution < -0.4 is 9.47 Å². The zero-order valence-electron chi connectivity index (χ0n) is 15.7. The summed E-state index contributed by atoms with van der Waals surface area (Å²) in [6.07, 6.45) is 2.02. The Balaban J connectivity index is 1.48. The van der Waals surface area contributed by atoms with Crippen molar-refractivity contribution in [3.63, 3.8) is 0 Å². The molecule has 8 nitrogen and oxygen atoms in total. The molecule has 0 spiro atoms. The summed E-state index contributed by atoms with van der Waals surface area (Å²) in [7, 11) is 3.21. The number of benzene rings is 1. The summed E-state index contributed by atoms with van der Waals surface area (Å²) >= 11 is 0. The van der Waals surface area contributed by atoms with Crippen LogP contribution in [-0.4, -0.2) is 46.7 Å². The van der Waals surface area contributed by atoms with E-state index >= 15 is 0 Å². The lowest BCUT2D eigenvalue weighted by atomic mass is 10.1. The quantitative estimate of drug-likeness (QED) is 0.649. The molecule has 0 saturated carbocycles. The summed E-state index contributed by atoms with van der Waals surface area (Å²) in [6.45, 7) is 0.975. The van der Waals surface area contributed by atoms with Crippen LogP contribution in [0.5, 0.6) is 11.5 Å². The van der Waals surface area contributed by atoms with Crippen molar-refractivity contribution in [3.8, 4) is 23.1 Å². The third-order valence-corrected chi connectivity index (χ3v) is 4.76. The molecule has 0 N–H and O–H groups in total. The zero-order valence-corrected chi connectivity index (χ0v) is 15.7. The maximum atomic E-state index is 12.5. The van der Waals surface area contributed by atoms with Crippen LogP contribution >= 0.6 is 0 Å². The highest BCUT2D eigenvalue weighted by Crippen LogP contribution is 2.31. The Morgan fingerprint density at radius 1 is 1.21 bits per heavy atom. The summed E-state index contributed by atoms with van der Waals surface area (Å²) in [5.74, 6) is 2.22. The van der Waals surface area contributed by atoms with Gasteiger partial charge in [0.25, 0.3) is 5.89 Å². The fraction of sp³-hybridized carbons (Fsp3) is 0.300. The second-order valence-corrected chi connectivity index (χ2v) is 6.53. The minimum Gasteiger partial charge on any atom is -0.497 e. The summed E-state index contributed by atoms with van der Waals surface area (Å²) in [4.78, 5) is 23.0. The molecule has 0 aliphatic carbocycles. The lowest BCUT2D eigenvalue weighted by Gasteiger charge is -2.18. The largest absolute Gasteiger partial charge is 0.497 e. The molecule has 8 heteroatoms. The molecule has 2 aromatic heterocycles. The van der Waals surface area contributed by atoms with Gasteiger partial charge in [0.15, 0.2) is 5.82 Å². The van der Waals surface area contributed by atoms with E-state index in [9.17, 15) is 4.79 Å². The number of ether oxygens (including phenoxy) is 2. The number of aromatic nitrogens is 3. The van der Waals surface area contributed by atoms with E-state index < -0.39 is 0 Å². The Morgan fingerprint density at radius 2 is 2.11 bits per heavy atom. The molecular weight excluding hydrogens is 360 g/mol. The summed E-state index contributed by atoms with van der Waals surface area (Å²) in [5, 5.41) is 4.06. The summed E-state index contributed by atoms with van der Waals surface area (Å²) in [6, 6.07) is 11.1. The first-order chi connectivity index (χ1) is 13.7. The molecule has 1 aliphatic heterocycles. The van der Waals surface area contributed by atoms with E-state index in [2.05, 4.69) is 15.1 Å².